The molecule has 2 N–H and O–H groups in total. The van der Waals surface area contributed by atoms with Crippen molar-refractivity contribution in [3.05, 3.63) is 28.8 Å². The van der Waals surface area contributed by atoms with Gasteiger partial charge in [0.05, 0.1) is 15.7 Å². The predicted octanol–water partition coefficient (Wildman–Crippen LogP) is 1.72. The van der Waals surface area contributed by atoms with Crippen molar-refractivity contribution in [2.24, 2.45) is 5.73 Å². The summed E-state index contributed by atoms with van der Waals surface area (Å²) >= 11 is 1.70. The van der Waals surface area contributed by atoms with E-state index in [1.54, 1.807) is 11.3 Å². The maximum atomic E-state index is 5.90. The van der Waals surface area contributed by atoms with E-state index in [1.165, 1.54) is 15.8 Å². The van der Waals surface area contributed by atoms with Crippen molar-refractivity contribution in [3.63, 3.8) is 0 Å². The number of fused-ring (bicyclic) bond motifs is 2. The summed E-state index contributed by atoms with van der Waals surface area (Å²) in [5, 5.41) is 0. The summed E-state index contributed by atoms with van der Waals surface area (Å²) in [7, 11) is 0. The number of benzene rings is 1. The summed E-state index contributed by atoms with van der Waals surface area (Å²) in [5.74, 6) is 0. The molecule has 2 aromatic rings. The third-order valence-electron chi connectivity index (χ3n) is 2.62. The molecule has 2 nitrogen and oxygen atoms in total. The molecular weight excluding hydrogens is 180 g/mol. The second-order valence-electron chi connectivity index (χ2n) is 3.61. The monoisotopic (exact) mass is 190 g/mol. The van der Waals surface area contributed by atoms with Gasteiger partial charge in [-0.2, -0.15) is 0 Å². The topological polar surface area (TPSA) is 38.9 Å². The van der Waals surface area contributed by atoms with Crippen LogP contribution in [0.15, 0.2) is 17.6 Å². The van der Waals surface area contributed by atoms with E-state index in [9.17, 15) is 0 Å². The molecule has 0 radical (unpaired) electrons. The molecule has 1 atom stereocenters. The van der Waals surface area contributed by atoms with E-state index in [4.69, 9.17) is 5.73 Å². The van der Waals surface area contributed by atoms with Gasteiger partial charge in [0, 0.05) is 6.04 Å². The molecule has 0 amide bonds. The van der Waals surface area contributed by atoms with Crippen molar-refractivity contribution in [2.45, 2.75) is 18.9 Å². The molecule has 0 bridgehead atoms. The number of hydrogen-bond acceptors (Lipinski definition) is 3. The number of thiazole rings is 1. The molecule has 0 saturated carbocycles. The molecule has 1 heterocycles. The van der Waals surface area contributed by atoms with Gasteiger partial charge >= 0.3 is 0 Å². The molecule has 1 aliphatic rings. The highest BCUT2D eigenvalue weighted by molar-refractivity contribution is 7.16. The first-order valence-electron chi connectivity index (χ1n) is 4.43. The Morgan fingerprint density at radius 3 is 2.92 bits per heavy atom. The van der Waals surface area contributed by atoms with Gasteiger partial charge in [0.2, 0.25) is 0 Å². The molecule has 0 spiro atoms. The molecule has 0 saturated heterocycles. The van der Waals surface area contributed by atoms with Gasteiger partial charge in [-0.05, 0) is 36.1 Å². The van der Waals surface area contributed by atoms with E-state index in [2.05, 4.69) is 17.1 Å². The number of rotatable bonds is 0. The Morgan fingerprint density at radius 1 is 1.31 bits per heavy atom. The van der Waals surface area contributed by atoms with Crippen LogP contribution >= 0.6 is 11.3 Å². The van der Waals surface area contributed by atoms with Gasteiger partial charge in [-0.3, -0.25) is 0 Å². The second-order valence-corrected chi connectivity index (χ2v) is 4.50. The van der Waals surface area contributed by atoms with Gasteiger partial charge < -0.3 is 5.73 Å². The Kier molecular flexibility index (Phi) is 1.45. The van der Waals surface area contributed by atoms with E-state index < -0.39 is 0 Å². The molecule has 3 rings (SSSR count). The van der Waals surface area contributed by atoms with Crippen LogP contribution in [0.1, 0.15) is 11.1 Å². The largest absolute Gasteiger partial charge is 0.327 e. The normalized spacial score (nSPS) is 20.8. The van der Waals surface area contributed by atoms with Crippen LogP contribution in [0.4, 0.5) is 0 Å². The first kappa shape index (κ1) is 7.47. The summed E-state index contributed by atoms with van der Waals surface area (Å²) in [6.07, 6.45) is 2.05. The van der Waals surface area contributed by atoms with Gasteiger partial charge in [0.15, 0.2) is 0 Å². The van der Waals surface area contributed by atoms with E-state index in [0.29, 0.717) is 6.04 Å². The highest BCUT2D eigenvalue weighted by Gasteiger charge is 2.18. The quantitative estimate of drug-likeness (QED) is 0.687. The average Bonchev–Trinajstić information content (AvgIpc) is 2.63. The van der Waals surface area contributed by atoms with Gasteiger partial charge in [0.25, 0.3) is 0 Å². The number of nitrogens with two attached hydrogens (primary N) is 1. The minimum absolute atomic E-state index is 0.325. The first-order chi connectivity index (χ1) is 6.33. The van der Waals surface area contributed by atoms with E-state index >= 15 is 0 Å². The zero-order chi connectivity index (χ0) is 8.84. The van der Waals surface area contributed by atoms with Crippen molar-refractivity contribution < 1.29 is 0 Å². The van der Waals surface area contributed by atoms with Crippen LogP contribution in [0.5, 0.6) is 0 Å². The minimum Gasteiger partial charge on any atom is -0.327 e. The lowest BCUT2D eigenvalue weighted by atomic mass is 10.1. The average molecular weight is 190 g/mol. The Morgan fingerprint density at radius 2 is 2.08 bits per heavy atom. The fraction of sp³-hybridized carbons (Fsp3) is 0.300. The van der Waals surface area contributed by atoms with Crippen molar-refractivity contribution in [3.8, 4) is 0 Å². The van der Waals surface area contributed by atoms with Crippen molar-refractivity contribution in [1.82, 2.24) is 4.98 Å². The summed E-state index contributed by atoms with van der Waals surface area (Å²) in [6.45, 7) is 0. The summed E-state index contributed by atoms with van der Waals surface area (Å²) in [4.78, 5) is 4.30. The van der Waals surface area contributed by atoms with Crippen LogP contribution in [0.3, 0.4) is 0 Å². The summed E-state index contributed by atoms with van der Waals surface area (Å²) < 4.78 is 1.29. The van der Waals surface area contributed by atoms with Crippen molar-refractivity contribution >= 4 is 21.6 Å². The number of nitrogens with zero attached hydrogens (tertiary/aromatic N) is 1. The van der Waals surface area contributed by atoms with Crippen LogP contribution in [-0.2, 0) is 12.8 Å². The molecule has 1 unspecified atom stereocenters. The lowest BCUT2D eigenvalue weighted by Gasteiger charge is -1.96. The highest BCUT2D eigenvalue weighted by atomic mass is 32.1. The minimum atomic E-state index is 0.325. The van der Waals surface area contributed by atoms with Gasteiger partial charge in [-0.15, -0.1) is 11.3 Å². The first-order valence-corrected chi connectivity index (χ1v) is 5.31. The van der Waals surface area contributed by atoms with Crippen LogP contribution in [0.25, 0.3) is 10.2 Å². The Hall–Kier alpha value is -0.930. The SMILES string of the molecule is NC1Cc2cc3ncsc3cc2C1. The summed E-state index contributed by atoms with van der Waals surface area (Å²) in [6, 6.07) is 4.76. The molecular formula is C10H10N2S. The molecule has 0 aliphatic heterocycles. The third-order valence-corrected chi connectivity index (χ3v) is 3.41. The van der Waals surface area contributed by atoms with Crippen molar-refractivity contribution in [2.75, 3.05) is 0 Å². The van der Waals surface area contributed by atoms with Crippen LogP contribution in [-0.4, -0.2) is 11.0 Å². The van der Waals surface area contributed by atoms with Gasteiger partial charge in [-0.1, -0.05) is 0 Å². The Bertz CT molecular complexity index is 421. The standard InChI is InChI=1S/C10H10N2S/c11-8-1-6-3-9-10(13-5-12-9)4-7(6)2-8/h3-5,8H,1-2,11H2. The fourth-order valence-corrected chi connectivity index (χ4v) is 2.73. The van der Waals surface area contributed by atoms with E-state index in [-0.39, 0.29) is 0 Å². The molecule has 1 aliphatic carbocycles. The molecule has 13 heavy (non-hydrogen) atoms. The highest BCUT2D eigenvalue weighted by Crippen LogP contribution is 2.28. The fourth-order valence-electron chi connectivity index (χ4n) is 2.01. The molecule has 1 aromatic carbocycles. The van der Waals surface area contributed by atoms with Crippen LogP contribution < -0.4 is 5.73 Å². The lowest BCUT2D eigenvalue weighted by molar-refractivity contribution is 0.721. The third kappa shape index (κ3) is 1.08. The number of hydrogen-bond donors (Lipinski definition) is 1. The molecule has 66 valence electrons. The smallest absolute Gasteiger partial charge is 0.0814 e. The zero-order valence-corrected chi connectivity index (χ0v) is 7.97. The lowest BCUT2D eigenvalue weighted by Crippen LogP contribution is -2.18. The van der Waals surface area contributed by atoms with Gasteiger partial charge in [-0.25, -0.2) is 4.98 Å². The van der Waals surface area contributed by atoms with Crippen molar-refractivity contribution in [1.29, 1.82) is 0 Å². The second kappa shape index (κ2) is 2.53. The number of aromatic nitrogens is 1. The molecule has 0 fully saturated rings. The molecule has 1 aromatic heterocycles. The summed E-state index contributed by atoms with van der Waals surface area (Å²) in [5.41, 5.74) is 11.7. The Balaban J connectivity index is 2.27. The molecule has 3 heteroatoms. The van der Waals surface area contributed by atoms with E-state index in [1.807, 2.05) is 5.51 Å². The van der Waals surface area contributed by atoms with Gasteiger partial charge in [0.1, 0.15) is 0 Å². The maximum Gasteiger partial charge on any atom is 0.0814 e. The van der Waals surface area contributed by atoms with Crippen LogP contribution in [0.2, 0.25) is 0 Å². The Labute approximate surface area is 80.4 Å². The van der Waals surface area contributed by atoms with E-state index in [0.717, 1.165) is 18.4 Å². The predicted molar refractivity (Wildman–Crippen MR) is 55.0 cm³/mol. The zero-order valence-electron chi connectivity index (χ0n) is 7.16. The van der Waals surface area contributed by atoms with Crippen LogP contribution in [0, 0.1) is 0 Å². The maximum absolute atomic E-state index is 5.90.